The van der Waals surface area contributed by atoms with E-state index in [0.29, 0.717) is 5.69 Å². The molecule has 2 rings (SSSR count). The van der Waals surface area contributed by atoms with Crippen molar-refractivity contribution in [3.05, 3.63) is 50.8 Å². The Kier molecular flexibility index (Phi) is 4.58. The molecule has 0 saturated heterocycles. The van der Waals surface area contributed by atoms with Crippen LogP contribution in [0, 0.1) is 20.2 Å². The number of benzene rings is 1. The van der Waals surface area contributed by atoms with E-state index in [-0.39, 0.29) is 23.0 Å². The number of hydrogen-bond acceptors (Lipinski definition) is 8. The summed E-state index contributed by atoms with van der Waals surface area (Å²) < 4.78 is 0. The van der Waals surface area contributed by atoms with Gasteiger partial charge in [0.2, 0.25) is 11.6 Å². The van der Waals surface area contributed by atoms with Gasteiger partial charge >= 0.3 is 5.69 Å². The van der Waals surface area contributed by atoms with E-state index >= 15 is 0 Å². The zero-order chi connectivity index (χ0) is 17.9. The van der Waals surface area contributed by atoms with Crippen LogP contribution < -0.4 is 10.6 Å². The lowest BCUT2D eigenvalue weighted by molar-refractivity contribution is -0.384. The molecule has 24 heavy (non-hydrogen) atoms. The molecular formula is C14H16N6O4. The van der Waals surface area contributed by atoms with Crippen LogP contribution in [0.25, 0.3) is 0 Å². The SMILES string of the molecule is CC(C)(C)Nc1ncnc(Nc2cccc([N+](=O)[O-])c2)c1[N+](=O)[O-]. The fourth-order valence-electron chi connectivity index (χ4n) is 1.92. The van der Waals surface area contributed by atoms with Gasteiger partial charge in [-0.3, -0.25) is 20.2 Å². The summed E-state index contributed by atoms with van der Waals surface area (Å²) in [6.07, 6.45) is 1.18. The molecule has 1 aromatic carbocycles. The first-order chi connectivity index (χ1) is 11.2. The smallest absolute Gasteiger partial charge is 0.353 e. The van der Waals surface area contributed by atoms with Gasteiger partial charge in [0, 0.05) is 23.4 Å². The van der Waals surface area contributed by atoms with Gasteiger partial charge in [0.05, 0.1) is 9.85 Å². The summed E-state index contributed by atoms with van der Waals surface area (Å²) in [5, 5.41) is 27.9. The molecule has 0 fully saturated rings. The highest BCUT2D eigenvalue weighted by molar-refractivity contribution is 5.74. The largest absolute Gasteiger partial charge is 0.360 e. The molecule has 1 heterocycles. The van der Waals surface area contributed by atoms with Crippen molar-refractivity contribution in [1.29, 1.82) is 0 Å². The van der Waals surface area contributed by atoms with E-state index in [4.69, 9.17) is 0 Å². The number of nitrogens with one attached hydrogen (secondary N) is 2. The van der Waals surface area contributed by atoms with E-state index in [1.165, 1.54) is 24.5 Å². The number of non-ortho nitro benzene ring substituents is 1. The maximum atomic E-state index is 11.4. The third kappa shape index (κ3) is 4.12. The summed E-state index contributed by atoms with van der Waals surface area (Å²) in [6, 6.07) is 5.62. The van der Waals surface area contributed by atoms with E-state index in [1.54, 1.807) is 6.07 Å². The summed E-state index contributed by atoms with van der Waals surface area (Å²) >= 11 is 0. The Morgan fingerprint density at radius 3 is 2.29 bits per heavy atom. The zero-order valence-corrected chi connectivity index (χ0v) is 13.3. The van der Waals surface area contributed by atoms with Crippen molar-refractivity contribution >= 4 is 28.7 Å². The summed E-state index contributed by atoms with van der Waals surface area (Å²) in [5.41, 5.74) is -0.599. The molecule has 126 valence electrons. The van der Waals surface area contributed by atoms with E-state index in [2.05, 4.69) is 20.6 Å². The van der Waals surface area contributed by atoms with Gasteiger partial charge in [-0.2, -0.15) is 0 Å². The zero-order valence-electron chi connectivity index (χ0n) is 13.3. The minimum absolute atomic E-state index is 0.0535. The molecule has 2 N–H and O–H groups in total. The van der Waals surface area contributed by atoms with Crippen molar-refractivity contribution in [3.63, 3.8) is 0 Å². The van der Waals surface area contributed by atoms with E-state index in [9.17, 15) is 20.2 Å². The lowest BCUT2D eigenvalue weighted by atomic mass is 10.1. The lowest BCUT2D eigenvalue weighted by Crippen LogP contribution is -2.27. The molecule has 0 unspecified atom stereocenters. The number of nitrogens with zero attached hydrogens (tertiary/aromatic N) is 4. The summed E-state index contributed by atoms with van der Waals surface area (Å²) in [4.78, 5) is 28.9. The van der Waals surface area contributed by atoms with Crippen LogP contribution in [0.4, 0.5) is 28.7 Å². The van der Waals surface area contributed by atoms with Crippen LogP contribution in [0.15, 0.2) is 30.6 Å². The van der Waals surface area contributed by atoms with Gasteiger partial charge in [0.25, 0.3) is 5.69 Å². The summed E-state index contributed by atoms with van der Waals surface area (Å²) in [5.74, 6) is 0.0117. The molecule has 10 nitrogen and oxygen atoms in total. The molecular weight excluding hydrogens is 316 g/mol. The Morgan fingerprint density at radius 2 is 1.71 bits per heavy atom. The molecule has 0 amide bonds. The molecule has 0 aliphatic carbocycles. The average Bonchev–Trinajstić information content (AvgIpc) is 2.45. The van der Waals surface area contributed by atoms with Gasteiger partial charge in [-0.1, -0.05) is 6.07 Å². The van der Waals surface area contributed by atoms with Crippen molar-refractivity contribution in [3.8, 4) is 0 Å². The molecule has 0 bridgehead atoms. The van der Waals surface area contributed by atoms with Gasteiger partial charge in [-0.15, -0.1) is 0 Å². The number of aromatic nitrogens is 2. The van der Waals surface area contributed by atoms with Crippen LogP contribution in [0.2, 0.25) is 0 Å². The maximum Gasteiger partial charge on any atom is 0.353 e. The highest BCUT2D eigenvalue weighted by Crippen LogP contribution is 2.33. The molecule has 0 aliphatic heterocycles. The van der Waals surface area contributed by atoms with Crippen LogP contribution in [-0.4, -0.2) is 25.4 Å². The average molecular weight is 332 g/mol. The molecule has 0 atom stereocenters. The van der Waals surface area contributed by atoms with Gasteiger partial charge in [-0.25, -0.2) is 9.97 Å². The third-order valence-corrected chi connectivity index (χ3v) is 2.82. The molecule has 1 aromatic heterocycles. The highest BCUT2D eigenvalue weighted by atomic mass is 16.6. The Morgan fingerprint density at radius 1 is 1.04 bits per heavy atom. The molecule has 0 saturated carbocycles. The Bertz CT molecular complexity index is 787. The minimum atomic E-state index is -0.603. The first-order valence-corrected chi connectivity index (χ1v) is 6.96. The normalized spacial score (nSPS) is 11.0. The van der Waals surface area contributed by atoms with Crippen LogP contribution in [0.5, 0.6) is 0 Å². The van der Waals surface area contributed by atoms with Crippen molar-refractivity contribution in [2.45, 2.75) is 26.3 Å². The third-order valence-electron chi connectivity index (χ3n) is 2.82. The second-order valence-electron chi connectivity index (χ2n) is 5.98. The standard InChI is InChI=1S/C14H16N6O4/c1-14(2,3)18-13-11(20(23)24)12(15-8-16-13)17-9-5-4-6-10(7-9)19(21)22/h4-8H,1-3H3,(H2,15,16,17,18). The van der Waals surface area contributed by atoms with Crippen molar-refractivity contribution in [2.24, 2.45) is 0 Å². The summed E-state index contributed by atoms with van der Waals surface area (Å²) in [6.45, 7) is 5.52. The van der Waals surface area contributed by atoms with Crippen LogP contribution >= 0.6 is 0 Å². The number of anilines is 3. The number of hydrogen-bond donors (Lipinski definition) is 2. The fourth-order valence-corrected chi connectivity index (χ4v) is 1.92. The van der Waals surface area contributed by atoms with Gasteiger partial charge < -0.3 is 10.6 Å². The van der Waals surface area contributed by atoms with Gasteiger partial charge in [0.15, 0.2) is 0 Å². The first-order valence-electron chi connectivity index (χ1n) is 6.96. The quantitative estimate of drug-likeness (QED) is 0.629. The molecule has 10 heteroatoms. The van der Waals surface area contributed by atoms with Gasteiger partial charge in [-0.05, 0) is 26.8 Å². The van der Waals surface area contributed by atoms with Crippen LogP contribution in [0.3, 0.4) is 0 Å². The number of nitro benzene ring substituents is 1. The monoisotopic (exact) mass is 332 g/mol. The molecule has 0 aliphatic rings. The second kappa shape index (κ2) is 6.44. The Balaban J connectivity index is 2.43. The van der Waals surface area contributed by atoms with Gasteiger partial charge in [0.1, 0.15) is 6.33 Å². The second-order valence-corrected chi connectivity index (χ2v) is 5.98. The maximum absolute atomic E-state index is 11.4. The lowest BCUT2D eigenvalue weighted by Gasteiger charge is -2.21. The molecule has 0 spiro atoms. The van der Waals surface area contributed by atoms with Crippen molar-refractivity contribution in [2.75, 3.05) is 10.6 Å². The molecule has 0 radical (unpaired) electrons. The van der Waals surface area contributed by atoms with E-state index < -0.39 is 15.4 Å². The predicted molar refractivity (Wildman–Crippen MR) is 88.4 cm³/mol. The summed E-state index contributed by atoms with van der Waals surface area (Å²) in [7, 11) is 0. The Hall–Kier alpha value is -3.30. The van der Waals surface area contributed by atoms with E-state index in [0.717, 1.165) is 0 Å². The minimum Gasteiger partial charge on any atom is -0.360 e. The van der Waals surface area contributed by atoms with Crippen molar-refractivity contribution in [1.82, 2.24) is 9.97 Å². The number of nitro groups is 2. The van der Waals surface area contributed by atoms with E-state index in [1.807, 2.05) is 20.8 Å². The fraction of sp³-hybridized carbons (Fsp3) is 0.286. The van der Waals surface area contributed by atoms with Crippen LogP contribution in [0.1, 0.15) is 20.8 Å². The molecule has 2 aromatic rings. The first kappa shape index (κ1) is 17.1. The topological polar surface area (TPSA) is 136 Å². The van der Waals surface area contributed by atoms with Crippen LogP contribution in [-0.2, 0) is 0 Å². The van der Waals surface area contributed by atoms with Crippen molar-refractivity contribution < 1.29 is 9.85 Å². The number of rotatable bonds is 5. The Labute approximate surface area is 137 Å². The highest BCUT2D eigenvalue weighted by Gasteiger charge is 2.26. The predicted octanol–water partition coefficient (Wildman–Crippen LogP) is 3.25.